The second-order valence-corrected chi connectivity index (χ2v) is 5.75. The number of nitrogens with zero attached hydrogens (tertiary/aromatic N) is 3. The van der Waals surface area contributed by atoms with E-state index >= 15 is 0 Å². The topological polar surface area (TPSA) is 46.5 Å². The number of aryl methyl sites for hydroxylation is 3. The van der Waals surface area contributed by atoms with E-state index in [0.717, 1.165) is 34.5 Å². The van der Waals surface area contributed by atoms with Crippen LogP contribution >= 0.6 is 12.2 Å². The Morgan fingerprint density at radius 3 is 2.57 bits per heavy atom. The first-order valence-electron chi connectivity index (χ1n) is 7.05. The summed E-state index contributed by atoms with van der Waals surface area (Å²) in [6.07, 6.45) is 0. The Kier molecular flexibility index (Phi) is 3.37. The van der Waals surface area contributed by atoms with Gasteiger partial charge in [-0.15, -0.1) is 0 Å². The van der Waals surface area contributed by atoms with E-state index in [1.807, 2.05) is 11.5 Å². The molecule has 21 heavy (non-hydrogen) atoms. The third-order valence-electron chi connectivity index (χ3n) is 3.87. The summed E-state index contributed by atoms with van der Waals surface area (Å²) >= 11 is 5.30. The van der Waals surface area contributed by atoms with Gasteiger partial charge in [-0.3, -0.25) is 10.1 Å². The molecule has 0 unspecified atom stereocenters. The largest absolute Gasteiger partial charge is 0.300 e. The highest BCUT2D eigenvalue weighted by atomic mass is 32.1. The number of H-pyrrole nitrogens is 1. The van der Waals surface area contributed by atoms with Gasteiger partial charge < -0.3 is 4.57 Å². The lowest BCUT2D eigenvalue weighted by Gasteiger charge is -2.11. The van der Waals surface area contributed by atoms with Crippen molar-refractivity contribution in [2.45, 2.75) is 34.2 Å². The smallest absolute Gasteiger partial charge is 0.195 e. The minimum atomic E-state index is 0.652. The second kappa shape index (κ2) is 5.07. The van der Waals surface area contributed by atoms with E-state index in [2.05, 4.69) is 54.2 Å². The van der Waals surface area contributed by atoms with Crippen LogP contribution in [0.1, 0.15) is 23.7 Å². The maximum Gasteiger partial charge on any atom is 0.195 e. The van der Waals surface area contributed by atoms with Crippen LogP contribution in [0.25, 0.3) is 22.3 Å². The molecule has 0 atom stereocenters. The molecule has 4 nitrogen and oxygen atoms in total. The standard InChI is InChI=1S/C16H18N4S/c1-5-20-15(18-19-16(20)21)13-8-11(4)17-14-7-10(3)9(2)6-12(13)14/h6-8H,5H2,1-4H3,(H,19,21). The average Bonchev–Trinajstić information content (AvgIpc) is 2.80. The molecule has 0 aliphatic carbocycles. The van der Waals surface area contributed by atoms with E-state index in [4.69, 9.17) is 12.2 Å². The lowest BCUT2D eigenvalue weighted by Crippen LogP contribution is -2.00. The molecule has 0 saturated carbocycles. The average molecular weight is 298 g/mol. The zero-order valence-electron chi connectivity index (χ0n) is 12.7. The van der Waals surface area contributed by atoms with Crippen LogP contribution < -0.4 is 0 Å². The van der Waals surface area contributed by atoms with Gasteiger partial charge in [0.25, 0.3) is 0 Å². The summed E-state index contributed by atoms with van der Waals surface area (Å²) in [4.78, 5) is 4.65. The summed E-state index contributed by atoms with van der Waals surface area (Å²) in [7, 11) is 0. The summed E-state index contributed by atoms with van der Waals surface area (Å²) in [6, 6.07) is 6.40. The molecule has 5 heteroatoms. The van der Waals surface area contributed by atoms with Crippen LogP contribution in [0.5, 0.6) is 0 Å². The highest BCUT2D eigenvalue weighted by molar-refractivity contribution is 7.71. The molecule has 0 bridgehead atoms. The van der Waals surface area contributed by atoms with Gasteiger partial charge in [-0.1, -0.05) is 0 Å². The van der Waals surface area contributed by atoms with Crippen LogP contribution in [-0.2, 0) is 6.54 Å². The fraction of sp³-hybridized carbons (Fsp3) is 0.312. The first-order valence-corrected chi connectivity index (χ1v) is 7.46. The summed E-state index contributed by atoms with van der Waals surface area (Å²) < 4.78 is 2.66. The molecule has 2 aromatic heterocycles. The van der Waals surface area contributed by atoms with Crippen molar-refractivity contribution in [3.05, 3.63) is 39.8 Å². The number of rotatable bonds is 2. The van der Waals surface area contributed by atoms with Gasteiger partial charge in [-0.05, 0) is 69.2 Å². The fourth-order valence-corrected chi connectivity index (χ4v) is 2.88. The van der Waals surface area contributed by atoms with Crippen molar-refractivity contribution in [1.29, 1.82) is 0 Å². The first-order chi connectivity index (χ1) is 10.0. The minimum Gasteiger partial charge on any atom is -0.300 e. The Bertz CT molecular complexity index is 889. The van der Waals surface area contributed by atoms with Crippen molar-refractivity contribution in [2.24, 2.45) is 0 Å². The summed E-state index contributed by atoms with van der Waals surface area (Å²) in [5.41, 5.74) is 5.57. The van der Waals surface area contributed by atoms with Gasteiger partial charge in [0.15, 0.2) is 10.6 Å². The fourth-order valence-electron chi connectivity index (χ4n) is 2.62. The molecule has 3 rings (SSSR count). The molecule has 0 amide bonds. The predicted octanol–water partition coefficient (Wildman–Crippen LogP) is 4.10. The highest BCUT2D eigenvalue weighted by Gasteiger charge is 2.13. The minimum absolute atomic E-state index is 0.652. The third kappa shape index (κ3) is 2.27. The van der Waals surface area contributed by atoms with Crippen molar-refractivity contribution in [2.75, 3.05) is 0 Å². The number of hydrogen-bond acceptors (Lipinski definition) is 3. The Hall–Kier alpha value is -2.01. The Labute approximate surface area is 128 Å². The van der Waals surface area contributed by atoms with Crippen LogP contribution in [0.15, 0.2) is 18.2 Å². The number of fused-ring (bicyclic) bond motifs is 1. The van der Waals surface area contributed by atoms with E-state index in [9.17, 15) is 0 Å². The molecule has 108 valence electrons. The van der Waals surface area contributed by atoms with Gasteiger partial charge in [-0.25, -0.2) is 0 Å². The second-order valence-electron chi connectivity index (χ2n) is 5.36. The number of aromatic amines is 1. The van der Waals surface area contributed by atoms with Crippen LogP contribution in [0, 0.1) is 25.5 Å². The Balaban J connectivity index is 2.41. The van der Waals surface area contributed by atoms with Crippen LogP contribution in [0.2, 0.25) is 0 Å². The molecular formula is C16H18N4S. The lowest BCUT2D eigenvalue weighted by molar-refractivity contribution is 0.756. The van der Waals surface area contributed by atoms with E-state index in [1.54, 1.807) is 0 Å². The number of benzene rings is 1. The zero-order chi connectivity index (χ0) is 15.1. The highest BCUT2D eigenvalue weighted by Crippen LogP contribution is 2.29. The number of nitrogens with one attached hydrogen (secondary N) is 1. The molecule has 0 saturated heterocycles. The van der Waals surface area contributed by atoms with Gasteiger partial charge in [0.1, 0.15) is 0 Å². The molecule has 3 aromatic rings. The first kappa shape index (κ1) is 13.9. The van der Waals surface area contributed by atoms with E-state index in [-0.39, 0.29) is 0 Å². The molecule has 1 aromatic carbocycles. The maximum atomic E-state index is 5.30. The van der Waals surface area contributed by atoms with Crippen molar-refractivity contribution >= 4 is 23.1 Å². The van der Waals surface area contributed by atoms with Gasteiger partial charge in [0.2, 0.25) is 0 Å². The molecule has 0 aliphatic rings. The molecular weight excluding hydrogens is 280 g/mol. The number of pyridine rings is 1. The summed E-state index contributed by atoms with van der Waals surface area (Å²) in [6.45, 7) is 9.10. The summed E-state index contributed by atoms with van der Waals surface area (Å²) in [5, 5.41) is 8.43. The van der Waals surface area contributed by atoms with Gasteiger partial charge in [0, 0.05) is 23.2 Å². The SMILES string of the molecule is CCn1c(-c2cc(C)nc3cc(C)c(C)cc23)n[nH]c1=S. The molecule has 0 aliphatic heterocycles. The quantitative estimate of drug-likeness (QED) is 0.724. The van der Waals surface area contributed by atoms with Crippen molar-refractivity contribution < 1.29 is 0 Å². The van der Waals surface area contributed by atoms with E-state index < -0.39 is 0 Å². The molecule has 1 N–H and O–H groups in total. The van der Waals surface area contributed by atoms with Crippen LogP contribution in [0.3, 0.4) is 0 Å². The van der Waals surface area contributed by atoms with Gasteiger partial charge in [0.05, 0.1) is 5.52 Å². The van der Waals surface area contributed by atoms with Crippen molar-refractivity contribution in [3.8, 4) is 11.4 Å². The van der Waals surface area contributed by atoms with Gasteiger partial charge >= 0.3 is 0 Å². The molecule has 0 spiro atoms. The Morgan fingerprint density at radius 2 is 1.86 bits per heavy atom. The molecule has 0 radical (unpaired) electrons. The number of hydrogen-bond donors (Lipinski definition) is 1. The lowest BCUT2D eigenvalue weighted by atomic mass is 10.0. The summed E-state index contributed by atoms with van der Waals surface area (Å²) in [5.74, 6) is 0.876. The van der Waals surface area contributed by atoms with Crippen molar-refractivity contribution in [1.82, 2.24) is 19.7 Å². The monoisotopic (exact) mass is 298 g/mol. The van der Waals surface area contributed by atoms with Gasteiger partial charge in [-0.2, -0.15) is 5.10 Å². The zero-order valence-corrected chi connectivity index (χ0v) is 13.5. The van der Waals surface area contributed by atoms with Crippen LogP contribution in [-0.4, -0.2) is 19.7 Å². The van der Waals surface area contributed by atoms with Crippen LogP contribution in [0.4, 0.5) is 0 Å². The predicted molar refractivity (Wildman–Crippen MR) is 88.0 cm³/mol. The molecule has 0 fully saturated rings. The maximum absolute atomic E-state index is 5.30. The van der Waals surface area contributed by atoms with Crippen molar-refractivity contribution in [3.63, 3.8) is 0 Å². The van der Waals surface area contributed by atoms with E-state index in [1.165, 1.54) is 11.1 Å². The van der Waals surface area contributed by atoms with E-state index in [0.29, 0.717) is 4.77 Å². The number of aromatic nitrogens is 4. The Morgan fingerprint density at radius 1 is 1.14 bits per heavy atom. The third-order valence-corrected chi connectivity index (χ3v) is 4.18. The molecule has 2 heterocycles. The normalized spacial score (nSPS) is 11.2.